The summed E-state index contributed by atoms with van der Waals surface area (Å²) in [5.74, 6) is 1.50. The number of fused-ring (bicyclic) bond motifs is 1. The summed E-state index contributed by atoms with van der Waals surface area (Å²) in [6.45, 7) is 8.67. The molecule has 0 saturated heterocycles. The molecule has 1 aromatic heterocycles. The summed E-state index contributed by atoms with van der Waals surface area (Å²) in [5.41, 5.74) is 6.01. The molecule has 0 radical (unpaired) electrons. The van der Waals surface area contributed by atoms with Gasteiger partial charge in [0.15, 0.2) is 0 Å². The fourth-order valence-corrected chi connectivity index (χ4v) is 2.55. The second kappa shape index (κ2) is 4.82. The first-order valence-electron chi connectivity index (χ1n) is 7.16. The number of furan rings is 1. The maximum atomic E-state index is 6.02. The van der Waals surface area contributed by atoms with Crippen molar-refractivity contribution in [2.24, 2.45) is 0 Å². The number of hydrogen-bond donors (Lipinski definition) is 0. The van der Waals surface area contributed by atoms with E-state index in [0.29, 0.717) is 5.92 Å². The van der Waals surface area contributed by atoms with E-state index in [9.17, 15) is 0 Å². The second-order valence-electron chi connectivity index (χ2n) is 5.88. The molecular formula is C19H20O. The van der Waals surface area contributed by atoms with Crippen molar-refractivity contribution in [1.29, 1.82) is 0 Å². The molecule has 0 N–H and O–H groups in total. The van der Waals surface area contributed by atoms with Crippen molar-refractivity contribution < 1.29 is 4.42 Å². The Kier molecular flexibility index (Phi) is 3.13. The minimum atomic E-state index is 0.540. The Morgan fingerprint density at radius 2 is 1.70 bits per heavy atom. The fourth-order valence-electron chi connectivity index (χ4n) is 2.55. The number of aryl methyl sites for hydroxylation is 2. The standard InChI is InChI=1S/C19H20O/c1-12(2)15-7-8-18-16(10-15)11-19(20-18)17-9-13(3)5-6-14(17)4/h5-12H,1-4H3. The van der Waals surface area contributed by atoms with Crippen LogP contribution in [-0.2, 0) is 0 Å². The third-order valence-corrected chi connectivity index (χ3v) is 3.87. The Morgan fingerprint density at radius 1 is 0.900 bits per heavy atom. The van der Waals surface area contributed by atoms with Gasteiger partial charge in [0.1, 0.15) is 11.3 Å². The first kappa shape index (κ1) is 13.0. The Labute approximate surface area is 120 Å². The molecule has 3 rings (SSSR count). The van der Waals surface area contributed by atoms with Gasteiger partial charge in [-0.1, -0.05) is 37.6 Å². The van der Waals surface area contributed by atoms with Crippen LogP contribution < -0.4 is 0 Å². The van der Waals surface area contributed by atoms with Crippen molar-refractivity contribution in [1.82, 2.24) is 0 Å². The van der Waals surface area contributed by atoms with Crippen molar-refractivity contribution in [3.8, 4) is 11.3 Å². The molecule has 20 heavy (non-hydrogen) atoms. The molecule has 2 aromatic carbocycles. The van der Waals surface area contributed by atoms with Gasteiger partial charge >= 0.3 is 0 Å². The molecule has 0 atom stereocenters. The lowest BCUT2D eigenvalue weighted by Crippen LogP contribution is -1.84. The average molecular weight is 264 g/mol. The largest absolute Gasteiger partial charge is 0.456 e. The zero-order valence-corrected chi connectivity index (χ0v) is 12.5. The van der Waals surface area contributed by atoms with E-state index in [2.05, 4.69) is 70.2 Å². The Morgan fingerprint density at radius 3 is 2.45 bits per heavy atom. The van der Waals surface area contributed by atoms with E-state index in [1.165, 1.54) is 27.6 Å². The van der Waals surface area contributed by atoms with E-state index in [4.69, 9.17) is 4.42 Å². The highest BCUT2D eigenvalue weighted by atomic mass is 16.3. The van der Waals surface area contributed by atoms with Crippen molar-refractivity contribution in [2.75, 3.05) is 0 Å². The minimum absolute atomic E-state index is 0.540. The zero-order chi connectivity index (χ0) is 14.3. The van der Waals surface area contributed by atoms with Crippen molar-refractivity contribution in [3.05, 3.63) is 59.2 Å². The van der Waals surface area contributed by atoms with Gasteiger partial charge in [-0.25, -0.2) is 0 Å². The lowest BCUT2D eigenvalue weighted by Gasteiger charge is -2.03. The molecule has 0 unspecified atom stereocenters. The van der Waals surface area contributed by atoms with E-state index in [1.54, 1.807) is 0 Å². The van der Waals surface area contributed by atoms with Gasteiger partial charge in [0.2, 0.25) is 0 Å². The lowest BCUT2D eigenvalue weighted by atomic mass is 10.0. The molecule has 0 bridgehead atoms. The summed E-state index contributed by atoms with van der Waals surface area (Å²) >= 11 is 0. The van der Waals surface area contributed by atoms with Crippen molar-refractivity contribution >= 4 is 11.0 Å². The molecule has 0 fully saturated rings. The van der Waals surface area contributed by atoms with Gasteiger partial charge in [0.05, 0.1) is 0 Å². The van der Waals surface area contributed by atoms with Gasteiger partial charge in [-0.3, -0.25) is 0 Å². The van der Waals surface area contributed by atoms with Crippen LogP contribution in [0.15, 0.2) is 46.9 Å². The monoisotopic (exact) mass is 264 g/mol. The molecule has 0 aliphatic heterocycles. The highest BCUT2D eigenvalue weighted by Crippen LogP contribution is 2.32. The van der Waals surface area contributed by atoms with Gasteiger partial charge < -0.3 is 4.42 Å². The maximum Gasteiger partial charge on any atom is 0.135 e. The van der Waals surface area contributed by atoms with Crippen LogP contribution in [0.2, 0.25) is 0 Å². The predicted molar refractivity (Wildman–Crippen MR) is 85.2 cm³/mol. The Hall–Kier alpha value is -2.02. The molecule has 0 aliphatic rings. The van der Waals surface area contributed by atoms with Gasteiger partial charge in [0, 0.05) is 10.9 Å². The van der Waals surface area contributed by atoms with Crippen LogP contribution in [-0.4, -0.2) is 0 Å². The predicted octanol–water partition coefficient (Wildman–Crippen LogP) is 5.84. The van der Waals surface area contributed by atoms with E-state index in [-0.39, 0.29) is 0 Å². The Balaban J connectivity index is 2.15. The minimum Gasteiger partial charge on any atom is -0.456 e. The van der Waals surface area contributed by atoms with Crippen LogP contribution in [0.4, 0.5) is 0 Å². The maximum absolute atomic E-state index is 6.02. The Bertz CT molecular complexity index is 763. The summed E-state index contributed by atoms with van der Waals surface area (Å²) in [6.07, 6.45) is 0. The van der Waals surface area contributed by atoms with Gasteiger partial charge in [-0.05, 0) is 55.2 Å². The first-order chi connectivity index (χ1) is 9.54. The van der Waals surface area contributed by atoms with E-state index in [0.717, 1.165) is 11.3 Å². The summed E-state index contributed by atoms with van der Waals surface area (Å²) < 4.78 is 6.02. The molecule has 1 nitrogen and oxygen atoms in total. The molecule has 0 amide bonds. The highest BCUT2D eigenvalue weighted by Gasteiger charge is 2.10. The quantitative estimate of drug-likeness (QED) is 0.566. The summed E-state index contributed by atoms with van der Waals surface area (Å²) in [4.78, 5) is 0. The third kappa shape index (κ3) is 2.24. The van der Waals surface area contributed by atoms with Crippen LogP contribution in [0.1, 0.15) is 36.5 Å². The molecule has 102 valence electrons. The zero-order valence-electron chi connectivity index (χ0n) is 12.5. The number of hydrogen-bond acceptors (Lipinski definition) is 1. The SMILES string of the molecule is Cc1ccc(C)c(-c2cc3cc(C(C)C)ccc3o2)c1. The molecular weight excluding hydrogens is 244 g/mol. The van der Waals surface area contributed by atoms with Gasteiger partial charge in [-0.15, -0.1) is 0 Å². The van der Waals surface area contributed by atoms with Crippen LogP contribution in [0.25, 0.3) is 22.3 Å². The van der Waals surface area contributed by atoms with Crippen molar-refractivity contribution in [2.45, 2.75) is 33.6 Å². The van der Waals surface area contributed by atoms with Crippen LogP contribution in [0, 0.1) is 13.8 Å². The molecule has 3 aromatic rings. The smallest absolute Gasteiger partial charge is 0.135 e. The van der Waals surface area contributed by atoms with E-state index in [1.807, 2.05) is 0 Å². The lowest BCUT2D eigenvalue weighted by molar-refractivity contribution is 0.630. The van der Waals surface area contributed by atoms with E-state index >= 15 is 0 Å². The fraction of sp³-hybridized carbons (Fsp3) is 0.263. The second-order valence-corrected chi connectivity index (χ2v) is 5.88. The molecule has 1 heterocycles. The third-order valence-electron chi connectivity index (χ3n) is 3.87. The molecule has 1 heteroatoms. The highest BCUT2D eigenvalue weighted by molar-refractivity contribution is 5.84. The van der Waals surface area contributed by atoms with E-state index < -0.39 is 0 Å². The molecule has 0 aliphatic carbocycles. The van der Waals surface area contributed by atoms with Crippen LogP contribution in [0.5, 0.6) is 0 Å². The summed E-state index contributed by atoms with van der Waals surface area (Å²) in [6, 6.07) is 15.1. The molecule has 0 saturated carbocycles. The normalized spacial score (nSPS) is 11.4. The van der Waals surface area contributed by atoms with Crippen LogP contribution >= 0.6 is 0 Å². The average Bonchev–Trinajstić information content (AvgIpc) is 2.83. The number of rotatable bonds is 2. The topological polar surface area (TPSA) is 13.1 Å². The van der Waals surface area contributed by atoms with Gasteiger partial charge in [-0.2, -0.15) is 0 Å². The summed E-state index contributed by atoms with van der Waals surface area (Å²) in [7, 11) is 0. The molecule has 0 spiro atoms. The first-order valence-corrected chi connectivity index (χ1v) is 7.16. The number of benzene rings is 2. The van der Waals surface area contributed by atoms with Crippen LogP contribution in [0.3, 0.4) is 0 Å². The summed E-state index contributed by atoms with van der Waals surface area (Å²) in [5, 5.41) is 1.19. The van der Waals surface area contributed by atoms with Crippen molar-refractivity contribution in [3.63, 3.8) is 0 Å². The van der Waals surface area contributed by atoms with Gasteiger partial charge in [0.25, 0.3) is 0 Å².